The fraction of sp³-hybridized carbons (Fsp3) is 0. The number of pyridine rings is 1. The van der Waals surface area contributed by atoms with Gasteiger partial charge in [0.2, 0.25) is 5.95 Å². The predicted molar refractivity (Wildman–Crippen MR) is 42.1 cm³/mol. The van der Waals surface area contributed by atoms with Gasteiger partial charge < -0.3 is 5.73 Å². The topological polar surface area (TPSA) is 80.0 Å². The van der Waals surface area contributed by atoms with E-state index in [0.717, 1.165) is 0 Å². The summed E-state index contributed by atoms with van der Waals surface area (Å²) < 4.78 is 1.57. The van der Waals surface area contributed by atoms with Crippen molar-refractivity contribution in [3.05, 3.63) is 23.9 Å². The van der Waals surface area contributed by atoms with Gasteiger partial charge in [0, 0.05) is 6.20 Å². The fourth-order valence-corrected chi connectivity index (χ4v) is 1.02. The molecule has 0 fully saturated rings. The number of anilines is 1. The predicted octanol–water partition coefficient (Wildman–Crippen LogP) is 0.183. The normalized spacial score (nSPS) is 9.92. The smallest absolute Gasteiger partial charge is 0.226 e. The van der Waals surface area contributed by atoms with Crippen molar-refractivity contribution in [3.63, 3.8) is 0 Å². The Hall–Kier alpha value is -2.09. The van der Waals surface area contributed by atoms with Crippen molar-refractivity contribution >= 4 is 11.6 Å². The second-order valence-electron chi connectivity index (χ2n) is 2.29. The third kappa shape index (κ3) is 0.720. The van der Waals surface area contributed by atoms with Crippen LogP contribution in [0.3, 0.4) is 0 Å². The summed E-state index contributed by atoms with van der Waals surface area (Å²) in [7, 11) is 0. The minimum absolute atomic E-state index is 0.294. The number of aromatic nitrogens is 3. The molecule has 2 aromatic rings. The number of nitriles is 1. The number of fused-ring (bicyclic) bond motifs is 1. The molecule has 0 aliphatic carbocycles. The van der Waals surface area contributed by atoms with E-state index in [1.165, 1.54) is 0 Å². The fourth-order valence-electron chi connectivity index (χ4n) is 1.02. The minimum atomic E-state index is 0.294. The molecule has 0 saturated heterocycles. The monoisotopic (exact) mass is 159 g/mol. The highest BCUT2D eigenvalue weighted by Gasteiger charge is 2.04. The highest BCUT2D eigenvalue weighted by atomic mass is 15.3. The second kappa shape index (κ2) is 2.20. The first-order valence-electron chi connectivity index (χ1n) is 3.32. The van der Waals surface area contributed by atoms with Crippen LogP contribution in [-0.2, 0) is 0 Å². The van der Waals surface area contributed by atoms with E-state index in [0.29, 0.717) is 17.2 Å². The van der Waals surface area contributed by atoms with Crippen molar-refractivity contribution in [3.8, 4) is 6.07 Å². The number of hydrogen-bond acceptors (Lipinski definition) is 4. The Labute approximate surface area is 68.1 Å². The van der Waals surface area contributed by atoms with Crippen molar-refractivity contribution < 1.29 is 0 Å². The van der Waals surface area contributed by atoms with Crippen LogP contribution < -0.4 is 5.73 Å². The Balaban J connectivity index is 2.92. The summed E-state index contributed by atoms with van der Waals surface area (Å²) in [5.41, 5.74) is 6.45. The summed E-state index contributed by atoms with van der Waals surface area (Å²) in [6.45, 7) is 0. The molecule has 0 aliphatic rings. The van der Waals surface area contributed by atoms with E-state index in [2.05, 4.69) is 10.2 Å². The van der Waals surface area contributed by atoms with Crippen molar-refractivity contribution in [2.45, 2.75) is 0 Å². The molecule has 0 bridgehead atoms. The molecule has 58 valence electrons. The molecule has 0 spiro atoms. The van der Waals surface area contributed by atoms with Gasteiger partial charge in [0.25, 0.3) is 0 Å². The molecular weight excluding hydrogens is 154 g/mol. The summed E-state index contributed by atoms with van der Waals surface area (Å²) in [5, 5.41) is 16.1. The summed E-state index contributed by atoms with van der Waals surface area (Å²) in [6.07, 6.45) is 1.71. The lowest BCUT2D eigenvalue weighted by atomic mass is 10.3. The SMILES string of the molecule is N#Cc1cccn2c(N)nnc12. The lowest BCUT2D eigenvalue weighted by Gasteiger charge is -1.93. The van der Waals surface area contributed by atoms with Crippen molar-refractivity contribution in [1.29, 1.82) is 5.26 Å². The van der Waals surface area contributed by atoms with Crippen molar-refractivity contribution in [1.82, 2.24) is 14.6 Å². The van der Waals surface area contributed by atoms with Crippen LogP contribution in [0.2, 0.25) is 0 Å². The van der Waals surface area contributed by atoms with Gasteiger partial charge in [-0.25, -0.2) is 0 Å². The van der Waals surface area contributed by atoms with Gasteiger partial charge in [-0.2, -0.15) is 5.26 Å². The molecule has 2 rings (SSSR count). The Kier molecular flexibility index (Phi) is 1.21. The largest absolute Gasteiger partial charge is 0.368 e. The van der Waals surface area contributed by atoms with E-state index in [-0.39, 0.29) is 0 Å². The van der Waals surface area contributed by atoms with Crippen LogP contribution in [0.1, 0.15) is 5.56 Å². The van der Waals surface area contributed by atoms with Crippen LogP contribution in [0.5, 0.6) is 0 Å². The zero-order chi connectivity index (χ0) is 8.55. The van der Waals surface area contributed by atoms with Gasteiger partial charge in [0.15, 0.2) is 5.65 Å². The molecule has 5 nitrogen and oxygen atoms in total. The number of rotatable bonds is 0. The molecule has 0 unspecified atom stereocenters. The Morgan fingerprint density at radius 3 is 3.08 bits per heavy atom. The Morgan fingerprint density at radius 1 is 1.50 bits per heavy atom. The summed E-state index contributed by atoms with van der Waals surface area (Å²) >= 11 is 0. The molecule has 0 amide bonds. The third-order valence-electron chi connectivity index (χ3n) is 1.58. The van der Waals surface area contributed by atoms with E-state index in [1.807, 2.05) is 6.07 Å². The Morgan fingerprint density at radius 2 is 2.33 bits per heavy atom. The van der Waals surface area contributed by atoms with Crippen LogP contribution in [-0.4, -0.2) is 14.6 Å². The van der Waals surface area contributed by atoms with Crippen LogP contribution in [0.15, 0.2) is 18.3 Å². The lowest BCUT2D eigenvalue weighted by Crippen LogP contribution is -1.93. The maximum atomic E-state index is 8.67. The zero-order valence-corrected chi connectivity index (χ0v) is 6.10. The standard InChI is InChI=1S/C7H5N5/c8-4-5-2-1-3-12-6(5)10-11-7(12)9/h1-3H,(H2,9,11). The van der Waals surface area contributed by atoms with Crippen LogP contribution in [0.25, 0.3) is 5.65 Å². The van der Waals surface area contributed by atoms with Crippen LogP contribution in [0.4, 0.5) is 5.95 Å². The molecule has 0 atom stereocenters. The molecule has 0 aromatic carbocycles. The molecule has 12 heavy (non-hydrogen) atoms. The maximum absolute atomic E-state index is 8.67. The van der Waals surface area contributed by atoms with Gasteiger partial charge in [-0.15, -0.1) is 10.2 Å². The Bertz CT molecular complexity index is 464. The molecule has 0 radical (unpaired) electrons. The lowest BCUT2D eigenvalue weighted by molar-refractivity contribution is 1.12. The number of nitrogens with zero attached hydrogens (tertiary/aromatic N) is 4. The summed E-state index contributed by atoms with van der Waals surface area (Å²) in [4.78, 5) is 0. The van der Waals surface area contributed by atoms with Gasteiger partial charge in [0.1, 0.15) is 6.07 Å². The van der Waals surface area contributed by atoms with E-state index in [4.69, 9.17) is 11.0 Å². The highest BCUT2D eigenvalue weighted by molar-refractivity contribution is 5.56. The molecule has 2 aromatic heterocycles. The van der Waals surface area contributed by atoms with Crippen molar-refractivity contribution in [2.75, 3.05) is 5.73 Å². The number of nitrogens with two attached hydrogens (primary N) is 1. The third-order valence-corrected chi connectivity index (χ3v) is 1.58. The maximum Gasteiger partial charge on any atom is 0.226 e. The molecule has 2 N–H and O–H groups in total. The molecule has 5 heteroatoms. The summed E-state index contributed by atoms with van der Waals surface area (Å²) in [6, 6.07) is 5.40. The highest BCUT2D eigenvalue weighted by Crippen LogP contribution is 2.08. The van der Waals surface area contributed by atoms with Gasteiger partial charge in [-0.05, 0) is 12.1 Å². The minimum Gasteiger partial charge on any atom is -0.368 e. The van der Waals surface area contributed by atoms with Crippen LogP contribution in [0, 0.1) is 11.3 Å². The van der Waals surface area contributed by atoms with E-state index in [9.17, 15) is 0 Å². The molecule has 2 heterocycles. The zero-order valence-electron chi connectivity index (χ0n) is 6.10. The first-order chi connectivity index (χ1) is 5.83. The van der Waals surface area contributed by atoms with E-state index >= 15 is 0 Å². The number of hydrogen-bond donors (Lipinski definition) is 1. The van der Waals surface area contributed by atoms with E-state index < -0.39 is 0 Å². The van der Waals surface area contributed by atoms with Gasteiger partial charge >= 0.3 is 0 Å². The van der Waals surface area contributed by atoms with E-state index in [1.54, 1.807) is 22.7 Å². The first-order valence-corrected chi connectivity index (χ1v) is 3.32. The first kappa shape index (κ1) is 6.61. The summed E-state index contributed by atoms with van der Waals surface area (Å²) in [5.74, 6) is 0.294. The van der Waals surface area contributed by atoms with Gasteiger partial charge in [-0.3, -0.25) is 4.40 Å². The molecular formula is C7H5N5. The molecule has 0 aliphatic heterocycles. The van der Waals surface area contributed by atoms with Gasteiger partial charge in [0.05, 0.1) is 5.56 Å². The molecule has 0 saturated carbocycles. The van der Waals surface area contributed by atoms with Crippen LogP contribution >= 0.6 is 0 Å². The quantitative estimate of drug-likeness (QED) is 0.594. The average Bonchev–Trinajstić information content (AvgIpc) is 2.48. The van der Waals surface area contributed by atoms with Crippen molar-refractivity contribution in [2.24, 2.45) is 0 Å². The second-order valence-corrected chi connectivity index (χ2v) is 2.29. The average molecular weight is 159 g/mol. The van der Waals surface area contributed by atoms with Gasteiger partial charge in [-0.1, -0.05) is 0 Å². The number of nitrogen functional groups attached to an aromatic ring is 1.